The van der Waals surface area contributed by atoms with E-state index in [4.69, 9.17) is 23.8 Å². The number of rotatable bonds is 4. The highest BCUT2D eigenvalue weighted by Crippen LogP contribution is 2.22. The minimum absolute atomic E-state index is 0.0202. The number of anilines is 1. The Morgan fingerprint density at radius 2 is 1.86 bits per heavy atom. The Labute approximate surface area is 132 Å². The van der Waals surface area contributed by atoms with Crippen LogP contribution in [-0.2, 0) is 6.54 Å². The SMILES string of the molecule is O=[N+]([O-])c1ccccc1NC(=S)NCc1ccc(Cl)cc1. The summed E-state index contributed by atoms with van der Waals surface area (Å²) >= 11 is 10.9. The molecule has 0 aromatic heterocycles. The van der Waals surface area contributed by atoms with Crippen molar-refractivity contribution in [2.45, 2.75) is 6.54 Å². The van der Waals surface area contributed by atoms with E-state index in [2.05, 4.69) is 10.6 Å². The maximum atomic E-state index is 10.9. The quantitative estimate of drug-likeness (QED) is 0.510. The smallest absolute Gasteiger partial charge is 0.292 e. The van der Waals surface area contributed by atoms with E-state index in [0.29, 0.717) is 22.4 Å². The zero-order valence-electron chi connectivity index (χ0n) is 10.9. The molecule has 0 aliphatic rings. The van der Waals surface area contributed by atoms with E-state index in [-0.39, 0.29) is 5.69 Å². The molecule has 0 aliphatic carbocycles. The average molecular weight is 322 g/mol. The summed E-state index contributed by atoms with van der Waals surface area (Å²) in [5.74, 6) is 0. The summed E-state index contributed by atoms with van der Waals surface area (Å²) in [4.78, 5) is 10.4. The number of benzene rings is 2. The molecule has 7 heteroatoms. The molecule has 0 radical (unpaired) electrons. The van der Waals surface area contributed by atoms with Gasteiger partial charge in [0.25, 0.3) is 5.69 Å². The van der Waals surface area contributed by atoms with Gasteiger partial charge in [-0.05, 0) is 36.0 Å². The molecule has 21 heavy (non-hydrogen) atoms. The number of hydrogen-bond donors (Lipinski definition) is 2. The van der Waals surface area contributed by atoms with E-state index in [1.807, 2.05) is 12.1 Å². The van der Waals surface area contributed by atoms with Gasteiger partial charge in [0.05, 0.1) is 4.92 Å². The molecule has 2 rings (SSSR count). The molecule has 0 aliphatic heterocycles. The zero-order chi connectivity index (χ0) is 15.2. The van der Waals surface area contributed by atoms with Crippen LogP contribution in [0.15, 0.2) is 48.5 Å². The van der Waals surface area contributed by atoms with Gasteiger partial charge in [-0.1, -0.05) is 35.9 Å². The Hall–Kier alpha value is -2.18. The second kappa shape index (κ2) is 7.01. The number of nitro groups is 1. The number of para-hydroxylation sites is 2. The first-order valence-corrected chi connectivity index (χ1v) is 6.87. The van der Waals surface area contributed by atoms with Crippen molar-refractivity contribution in [1.29, 1.82) is 0 Å². The predicted molar refractivity (Wildman–Crippen MR) is 87.6 cm³/mol. The Bertz CT molecular complexity index is 662. The predicted octanol–water partition coefficient (Wildman–Crippen LogP) is 3.73. The van der Waals surface area contributed by atoms with Crippen LogP contribution in [0.25, 0.3) is 0 Å². The van der Waals surface area contributed by atoms with Crippen molar-refractivity contribution < 1.29 is 4.92 Å². The highest BCUT2D eigenvalue weighted by molar-refractivity contribution is 7.80. The third-order valence-corrected chi connectivity index (χ3v) is 3.21. The van der Waals surface area contributed by atoms with Crippen molar-refractivity contribution in [3.8, 4) is 0 Å². The molecule has 5 nitrogen and oxygen atoms in total. The van der Waals surface area contributed by atoms with Crippen LogP contribution in [0.2, 0.25) is 5.02 Å². The average Bonchev–Trinajstić information content (AvgIpc) is 2.47. The van der Waals surface area contributed by atoms with Gasteiger partial charge in [0.1, 0.15) is 5.69 Å². The van der Waals surface area contributed by atoms with Crippen LogP contribution in [0.5, 0.6) is 0 Å². The summed E-state index contributed by atoms with van der Waals surface area (Å²) in [6.45, 7) is 0.504. The number of hydrogen-bond acceptors (Lipinski definition) is 3. The largest absolute Gasteiger partial charge is 0.358 e. The van der Waals surface area contributed by atoms with Gasteiger partial charge in [-0.15, -0.1) is 0 Å². The number of nitrogens with zero attached hydrogens (tertiary/aromatic N) is 1. The molecule has 108 valence electrons. The summed E-state index contributed by atoms with van der Waals surface area (Å²) in [5, 5.41) is 17.7. The van der Waals surface area contributed by atoms with E-state index in [1.54, 1.807) is 30.3 Å². The molecule has 0 saturated carbocycles. The lowest BCUT2D eigenvalue weighted by Gasteiger charge is -2.10. The molecule has 0 heterocycles. The van der Waals surface area contributed by atoms with Gasteiger partial charge in [0.15, 0.2) is 5.11 Å². The van der Waals surface area contributed by atoms with Crippen LogP contribution in [0.3, 0.4) is 0 Å². The third-order valence-electron chi connectivity index (χ3n) is 2.72. The van der Waals surface area contributed by atoms with Crippen molar-refractivity contribution in [3.63, 3.8) is 0 Å². The van der Waals surface area contributed by atoms with Crippen LogP contribution in [-0.4, -0.2) is 10.0 Å². The molecule has 0 atom stereocenters. The van der Waals surface area contributed by atoms with Gasteiger partial charge in [-0.3, -0.25) is 10.1 Å². The molecule has 0 unspecified atom stereocenters. The van der Waals surface area contributed by atoms with Crippen molar-refractivity contribution in [1.82, 2.24) is 5.32 Å². The lowest BCUT2D eigenvalue weighted by Crippen LogP contribution is -2.28. The van der Waals surface area contributed by atoms with Crippen LogP contribution in [0, 0.1) is 10.1 Å². The highest BCUT2D eigenvalue weighted by atomic mass is 35.5. The summed E-state index contributed by atoms with van der Waals surface area (Å²) in [5.41, 5.74) is 1.34. The standard InChI is InChI=1S/C14H12ClN3O2S/c15-11-7-5-10(6-8-11)9-16-14(21)17-12-3-1-2-4-13(12)18(19)20/h1-8H,9H2,(H2,16,17,21). The molecule has 2 N–H and O–H groups in total. The summed E-state index contributed by atoms with van der Waals surface area (Å²) in [7, 11) is 0. The minimum Gasteiger partial charge on any atom is -0.358 e. The van der Waals surface area contributed by atoms with Crippen LogP contribution in [0.4, 0.5) is 11.4 Å². The van der Waals surface area contributed by atoms with E-state index >= 15 is 0 Å². The molecular weight excluding hydrogens is 310 g/mol. The van der Waals surface area contributed by atoms with Gasteiger partial charge < -0.3 is 10.6 Å². The lowest BCUT2D eigenvalue weighted by atomic mass is 10.2. The van der Waals surface area contributed by atoms with E-state index in [9.17, 15) is 10.1 Å². The fourth-order valence-corrected chi connectivity index (χ4v) is 2.00. The van der Waals surface area contributed by atoms with Gasteiger partial charge in [0.2, 0.25) is 0 Å². The van der Waals surface area contributed by atoms with Gasteiger partial charge >= 0.3 is 0 Å². The van der Waals surface area contributed by atoms with Gasteiger partial charge in [-0.25, -0.2) is 0 Å². The number of halogens is 1. The third kappa shape index (κ3) is 4.40. The van der Waals surface area contributed by atoms with Crippen LogP contribution >= 0.6 is 23.8 Å². The van der Waals surface area contributed by atoms with Crippen LogP contribution < -0.4 is 10.6 Å². The van der Waals surface area contributed by atoms with E-state index in [0.717, 1.165) is 5.56 Å². The Balaban J connectivity index is 1.96. The monoisotopic (exact) mass is 321 g/mol. The Morgan fingerprint density at radius 1 is 1.19 bits per heavy atom. The minimum atomic E-state index is -0.454. The Kier molecular flexibility index (Phi) is 5.08. The topological polar surface area (TPSA) is 67.2 Å². The maximum absolute atomic E-state index is 10.9. The molecule has 0 fully saturated rings. The van der Waals surface area contributed by atoms with Crippen LogP contribution in [0.1, 0.15) is 5.56 Å². The first-order chi connectivity index (χ1) is 10.1. The van der Waals surface area contributed by atoms with E-state index < -0.39 is 4.92 Å². The van der Waals surface area contributed by atoms with Crippen molar-refractivity contribution in [2.24, 2.45) is 0 Å². The summed E-state index contributed by atoms with van der Waals surface area (Å²) < 4.78 is 0. The van der Waals surface area contributed by atoms with Gasteiger partial charge in [-0.2, -0.15) is 0 Å². The summed E-state index contributed by atoms with van der Waals surface area (Å²) in [6.07, 6.45) is 0. The first kappa shape index (κ1) is 15.2. The highest BCUT2D eigenvalue weighted by Gasteiger charge is 2.12. The Morgan fingerprint density at radius 3 is 2.52 bits per heavy atom. The zero-order valence-corrected chi connectivity index (χ0v) is 12.4. The molecule has 0 bridgehead atoms. The first-order valence-electron chi connectivity index (χ1n) is 6.09. The molecule has 0 amide bonds. The molecular formula is C14H12ClN3O2S. The van der Waals surface area contributed by atoms with Crippen molar-refractivity contribution in [2.75, 3.05) is 5.32 Å². The van der Waals surface area contributed by atoms with E-state index in [1.165, 1.54) is 6.07 Å². The fourth-order valence-electron chi connectivity index (χ4n) is 1.69. The maximum Gasteiger partial charge on any atom is 0.292 e. The second-order valence-corrected chi connectivity index (χ2v) is 5.05. The fraction of sp³-hybridized carbons (Fsp3) is 0.0714. The molecule has 0 spiro atoms. The lowest BCUT2D eigenvalue weighted by molar-refractivity contribution is -0.383. The summed E-state index contributed by atoms with van der Waals surface area (Å²) in [6, 6.07) is 13.7. The van der Waals surface area contributed by atoms with Gasteiger partial charge in [0, 0.05) is 17.6 Å². The number of nitro benzene ring substituents is 1. The molecule has 2 aromatic carbocycles. The second-order valence-electron chi connectivity index (χ2n) is 4.21. The number of thiocarbonyl (C=S) groups is 1. The molecule has 2 aromatic rings. The molecule has 0 saturated heterocycles. The van der Waals surface area contributed by atoms with Crippen molar-refractivity contribution >= 4 is 40.3 Å². The number of nitrogens with one attached hydrogen (secondary N) is 2. The normalized spacial score (nSPS) is 9.95. The van der Waals surface area contributed by atoms with Crippen molar-refractivity contribution in [3.05, 3.63) is 69.2 Å².